The van der Waals surface area contributed by atoms with Crippen molar-refractivity contribution >= 4 is 35.6 Å². The Morgan fingerprint density at radius 3 is 2.77 bits per heavy atom. The average molecular weight is 403 g/mol. The number of amides is 2. The third-order valence-corrected chi connectivity index (χ3v) is 5.74. The zero-order chi connectivity index (χ0) is 18.4. The molecule has 1 aromatic heterocycles. The van der Waals surface area contributed by atoms with Gasteiger partial charge in [-0.15, -0.1) is 23.7 Å². The summed E-state index contributed by atoms with van der Waals surface area (Å²) in [6, 6.07) is 4.11. The summed E-state index contributed by atoms with van der Waals surface area (Å²) in [6.07, 6.45) is 0.897. The highest BCUT2D eigenvalue weighted by Crippen LogP contribution is 2.27. The van der Waals surface area contributed by atoms with Crippen LogP contribution in [0.3, 0.4) is 0 Å². The molecule has 0 aliphatic carbocycles. The SMILES string of the molecule is CCN(CC(=O)NCc1cccs1)C(=O)CN1CCC(N)C(C)(C)C1.Cl. The predicted molar refractivity (Wildman–Crippen MR) is 108 cm³/mol. The topological polar surface area (TPSA) is 78.7 Å². The van der Waals surface area contributed by atoms with Crippen LogP contribution in [0.5, 0.6) is 0 Å². The molecular formula is C18H31ClN4O2S. The summed E-state index contributed by atoms with van der Waals surface area (Å²) in [7, 11) is 0. The van der Waals surface area contributed by atoms with E-state index in [1.807, 2.05) is 24.4 Å². The normalized spacial score (nSPS) is 19.5. The van der Waals surface area contributed by atoms with Crippen molar-refractivity contribution in [2.24, 2.45) is 11.1 Å². The summed E-state index contributed by atoms with van der Waals surface area (Å²) in [6.45, 7) is 9.33. The van der Waals surface area contributed by atoms with Crippen LogP contribution in [0.4, 0.5) is 0 Å². The number of carbonyl (C=O) groups excluding carboxylic acids is 2. The lowest BCUT2D eigenvalue weighted by atomic mass is 9.80. The molecule has 3 N–H and O–H groups in total. The summed E-state index contributed by atoms with van der Waals surface area (Å²) in [5, 5.41) is 4.86. The minimum Gasteiger partial charge on any atom is -0.350 e. The van der Waals surface area contributed by atoms with Crippen LogP contribution in [0.25, 0.3) is 0 Å². The Bertz CT molecular complexity index is 580. The second kappa shape index (κ2) is 10.3. The van der Waals surface area contributed by atoms with Crippen LogP contribution in [0, 0.1) is 5.41 Å². The summed E-state index contributed by atoms with van der Waals surface area (Å²) in [5.74, 6) is -0.121. The van der Waals surface area contributed by atoms with Gasteiger partial charge in [0.25, 0.3) is 0 Å². The van der Waals surface area contributed by atoms with E-state index in [1.54, 1.807) is 16.2 Å². The highest BCUT2D eigenvalue weighted by Gasteiger charge is 2.34. The number of nitrogens with two attached hydrogens (primary N) is 1. The van der Waals surface area contributed by atoms with Crippen molar-refractivity contribution in [2.75, 3.05) is 32.7 Å². The van der Waals surface area contributed by atoms with Crippen molar-refractivity contribution < 1.29 is 9.59 Å². The number of likely N-dealkylation sites (tertiary alicyclic amines) is 1. The molecule has 0 radical (unpaired) electrons. The Hall–Kier alpha value is -1.15. The van der Waals surface area contributed by atoms with Gasteiger partial charge in [0.05, 0.1) is 19.6 Å². The van der Waals surface area contributed by atoms with E-state index in [0.717, 1.165) is 24.4 Å². The molecule has 1 fully saturated rings. The maximum absolute atomic E-state index is 12.6. The number of nitrogens with one attached hydrogen (secondary N) is 1. The Morgan fingerprint density at radius 2 is 2.19 bits per heavy atom. The summed E-state index contributed by atoms with van der Waals surface area (Å²) >= 11 is 1.61. The van der Waals surface area contributed by atoms with Gasteiger partial charge in [-0.3, -0.25) is 14.5 Å². The molecular weight excluding hydrogens is 372 g/mol. The van der Waals surface area contributed by atoms with E-state index in [0.29, 0.717) is 19.6 Å². The van der Waals surface area contributed by atoms with Gasteiger partial charge in [0.2, 0.25) is 11.8 Å². The van der Waals surface area contributed by atoms with Crippen LogP contribution < -0.4 is 11.1 Å². The Kier molecular flexibility index (Phi) is 9.03. The lowest BCUT2D eigenvalue weighted by molar-refractivity contribution is -0.137. The van der Waals surface area contributed by atoms with E-state index in [4.69, 9.17) is 5.73 Å². The molecule has 0 aromatic carbocycles. The maximum atomic E-state index is 12.6. The second-order valence-corrected chi connectivity index (χ2v) is 8.39. The fourth-order valence-electron chi connectivity index (χ4n) is 3.12. The monoisotopic (exact) mass is 402 g/mol. The lowest BCUT2D eigenvalue weighted by Crippen LogP contribution is -2.55. The zero-order valence-electron chi connectivity index (χ0n) is 15.9. The molecule has 1 atom stereocenters. The Balaban J connectivity index is 0.00000338. The third kappa shape index (κ3) is 6.54. The van der Waals surface area contributed by atoms with Crippen molar-refractivity contribution in [3.63, 3.8) is 0 Å². The second-order valence-electron chi connectivity index (χ2n) is 7.36. The standard InChI is InChI=1S/C18H30N4O2S.ClH/c1-4-22(11-16(23)20-10-14-6-5-9-25-14)17(24)12-21-8-7-15(19)18(2,3)13-21;/h5-6,9,15H,4,7-8,10-13,19H2,1-3H3,(H,20,23);1H. The quantitative estimate of drug-likeness (QED) is 0.727. The number of carbonyl (C=O) groups is 2. The third-order valence-electron chi connectivity index (χ3n) is 4.86. The summed E-state index contributed by atoms with van der Waals surface area (Å²) < 4.78 is 0. The first-order chi connectivity index (χ1) is 11.8. The molecule has 2 rings (SSSR count). The molecule has 0 spiro atoms. The van der Waals surface area contributed by atoms with Gasteiger partial charge in [0, 0.05) is 30.6 Å². The van der Waals surface area contributed by atoms with E-state index >= 15 is 0 Å². The largest absolute Gasteiger partial charge is 0.350 e. The molecule has 148 valence electrons. The van der Waals surface area contributed by atoms with Crippen LogP contribution in [0.15, 0.2) is 17.5 Å². The number of likely N-dealkylation sites (N-methyl/N-ethyl adjacent to an activating group) is 1. The van der Waals surface area contributed by atoms with Gasteiger partial charge in [-0.05, 0) is 30.2 Å². The van der Waals surface area contributed by atoms with Crippen LogP contribution in [-0.2, 0) is 16.1 Å². The lowest BCUT2D eigenvalue weighted by Gasteiger charge is -2.42. The van der Waals surface area contributed by atoms with Crippen molar-refractivity contribution in [2.45, 2.75) is 39.8 Å². The van der Waals surface area contributed by atoms with Gasteiger partial charge in [0.1, 0.15) is 0 Å². The van der Waals surface area contributed by atoms with Crippen LogP contribution in [0.1, 0.15) is 32.1 Å². The van der Waals surface area contributed by atoms with Gasteiger partial charge >= 0.3 is 0 Å². The van der Waals surface area contributed by atoms with Crippen LogP contribution in [0.2, 0.25) is 0 Å². The highest BCUT2D eigenvalue weighted by molar-refractivity contribution is 7.09. The Labute approximate surface area is 166 Å². The summed E-state index contributed by atoms with van der Waals surface area (Å²) in [4.78, 5) is 29.6. The molecule has 2 amide bonds. The maximum Gasteiger partial charge on any atom is 0.239 e. The molecule has 1 aromatic rings. The number of piperidine rings is 1. The first-order valence-corrected chi connectivity index (χ1v) is 9.74. The van der Waals surface area contributed by atoms with Gasteiger partial charge in [0.15, 0.2) is 0 Å². The molecule has 1 aliphatic rings. The highest BCUT2D eigenvalue weighted by atomic mass is 35.5. The molecule has 6 nitrogen and oxygen atoms in total. The molecule has 0 saturated carbocycles. The molecule has 1 unspecified atom stereocenters. The number of rotatable bonds is 7. The molecule has 2 heterocycles. The predicted octanol–water partition coefficient (Wildman–Crippen LogP) is 1.69. The molecule has 0 bridgehead atoms. The molecule has 8 heteroatoms. The zero-order valence-corrected chi connectivity index (χ0v) is 17.5. The molecule has 1 saturated heterocycles. The van der Waals surface area contributed by atoms with Crippen LogP contribution in [-0.4, -0.2) is 60.4 Å². The first kappa shape index (κ1) is 22.9. The van der Waals surface area contributed by atoms with Crippen molar-refractivity contribution in [3.8, 4) is 0 Å². The van der Waals surface area contributed by atoms with Crippen LogP contribution >= 0.6 is 23.7 Å². The fraction of sp³-hybridized carbons (Fsp3) is 0.667. The van der Waals surface area contributed by atoms with Gasteiger partial charge in [-0.2, -0.15) is 0 Å². The van der Waals surface area contributed by atoms with Gasteiger partial charge < -0.3 is 16.0 Å². The number of thiophene rings is 1. The fourth-order valence-corrected chi connectivity index (χ4v) is 3.76. The van der Waals surface area contributed by atoms with Crippen molar-refractivity contribution in [3.05, 3.63) is 22.4 Å². The van der Waals surface area contributed by atoms with E-state index < -0.39 is 0 Å². The van der Waals surface area contributed by atoms with Crippen molar-refractivity contribution in [1.29, 1.82) is 0 Å². The minimum absolute atomic E-state index is 0. The number of nitrogens with zero attached hydrogens (tertiary/aromatic N) is 2. The van der Waals surface area contributed by atoms with E-state index in [-0.39, 0.29) is 42.2 Å². The van der Waals surface area contributed by atoms with Crippen molar-refractivity contribution in [1.82, 2.24) is 15.1 Å². The van der Waals surface area contributed by atoms with E-state index in [1.165, 1.54) is 0 Å². The summed E-state index contributed by atoms with van der Waals surface area (Å²) in [5.41, 5.74) is 6.16. The Morgan fingerprint density at radius 1 is 1.46 bits per heavy atom. The molecule has 26 heavy (non-hydrogen) atoms. The average Bonchev–Trinajstić information content (AvgIpc) is 3.07. The smallest absolute Gasteiger partial charge is 0.239 e. The van der Waals surface area contributed by atoms with E-state index in [2.05, 4.69) is 24.1 Å². The van der Waals surface area contributed by atoms with Gasteiger partial charge in [-0.1, -0.05) is 19.9 Å². The number of hydrogen-bond donors (Lipinski definition) is 2. The van der Waals surface area contributed by atoms with Gasteiger partial charge in [-0.25, -0.2) is 0 Å². The minimum atomic E-state index is -0.121. The number of halogens is 1. The molecule has 1 aliphatic heterocycles. The van der Waals surface area contributed by atoms with E-state index in [9.17, 15) is 9.59 Å². The first-order valence-electron chi connectivity index (χ1n) is 8.86. The number of hydrogen-bond acceptors (Lipinski definition) is 5.